The predicted octanol–water partition coefficient (Wildman–Crippen LogP) is 3.30. The lowest BCUT2D eigenvalue weighted by molar-refractivity contribution is 0.0933. The Morgan fingerprint density at radius 3 is 2.56 bits per heavy atom. The highest BCUT2D eigenvalue weighted by molar-refractivity contribution is 5.94. The van der Waals surface area contributed by atoms with Gasteiger partial charge in [-0.3, -0.25) is 4.79 Å². The largest absolute Gasteiger partial charge is 0.491 e. The van der Waals surface area contributed by atoms with Crippen LogP contribution < -0.4 is 4.74 Å². The minimum atomic E-state index is -0.661. The third-order valence-electron chi connectivity index (χ3n) is 4.35. The molecule has 1 N–H and O–H groups in total. The van der Waals surface area contributed by atoms with Crippen LogP contribution in [0.2, 0.25) is 0 Å². The smallest absolute Gasteiger partial charge is 0.159 e. The van der Waals surface area contributed by atoms with Crippen LogP contribution in [0.15, 0.2) is 42.7 Å². The summed E-state index contributed by atoms with van der Waals surface area (Å²) in [7, 11) is 0. The van der Waals surface area contributed by atoms with Crippen molar-refractivity contribution in [2.75, 3.05) is 6.61 Å². The number of ketones is 1. The van der Waals surface area contributed by atoms with Crippen LogP contribution in [0.1, 0.15) is 28.4 Å². The molecule has 5 heteroatoms. The first-order valence-electron chi connectivity index (χ1n) is 8.28. The second kappa shape index (κ2) is 7.07. The van der Waals surface area contributed by atoms with Gasteiger partial charge in [0.05, 0.1) is 23.9 Å². The van der Waals surface area contributed by atoms with Crippen molar-refractivity contribution in [3.63, 3.8) is 0 Å². The maximum atomic E-state index is 11.3. The lowest BCUT2D eigenvalue weighted by Gasteiger charge is -2.14. The Morgan fingerprint density at radius 2 is 1.88 bits per heavy atom. The molecule has 0 radical (unpaired) electrons. The quantitative estimate of drug-likeness (QED) is 0.701. The van der Waals surface area contributed by atoms with Crippen molar-refractivity contribution in [2.45, 2.75) is 33.4 Å². The number of rotatable bonds is 6. The standard InChI is InChI=1S/C20H22N2O3/c1-13-8-19-20(9-14(13)2)22(12-21-19)10-17(24)11-25-18-6-4-16(5-7-18)15(3)23/h4-9,12,17,24H,10-11H2,1-3H3/t17-/m1/s1. The SMILES string of the molecule is CC(=O)c1ccc(OC[C@H](O)Cn2cnc3cc(C)c(C)cc32)cc1. The molecule has 0 aliphatic carbocycles. The van der Waals surface area contributed by atoms with Gasteiger partial charge in [-0.1, -0.05) is 0 Å². The Labute approximate surface area is 146 Å². The summed E-state index contributed by atoms with van der Waals surface area (Å²) in [6.07, 6.45) is 1.08. The molecule has 0 fully saturated rings. The summed E-state index contributed by atoms with van der Waals surface area (Å²) in [6.45, 7) is 6.23. The van der Waals surface area contributed by atoms with Crippen molar-refractivity contribution >= 4 is 16.8 Å². The number of aliphatic hydroxyl groups excluding tert-OH is 1. The Bertz CT molecular complexity index is 897. The third-order valence-corrected chi connectivity index (χ3v) is 4.35. The number of aromatic nitrogens is 2. The molecular formula is C20H22N2O3. The summed E-state index contributed by atoms with van der Waals surface area (Å²) in [4.78, 5) is 15.7. The van der Waals surface area contributed by atoms with Crippen molar-refractivity contribution < 1.29 is 14.6 Å². The number of nitrogens with zero attached hydrogens (tertiary/aromatic N) is 2. The van der Waals surface area contributed by atoms with Gasteiger partial charge in [-0.2, -0.15) is 0 Å². The predicted molar refractivity (Wildman–Crippen MR) is 97.2 cm³/mol. The van der Waals surface area contributed by atoms with E-state index >= 15 is 0 Å². The summed E-state index contributed by atoms with van der Waals surface area (Å²) in [6, 6.07) is 11.1. The summed E-state index contributed by atoms with van der Waals surface area (Å²) >= 11 is 0. The number of carbonyl (C=O) groups excluding carboxylic acids is 1. The van der Waals surface area contributed by atoms with E-state index in [0.29, 0.717) is 17.9 Å². The third kappa shape index (κ3) is 3.88. The second-order valence-electron chi connectivity index (χ2n) is 6.37. The zero-order valence-corrected chi connectivity index (χ0v) is 14.7. The van der Waals surface area contributed by atoms with Crippen molar-refractivity contribution in [1.29, 1.82) is 0 Å². The summed E-state index contributed by atoms with van der Waals surface area (Å²) in [5.41, 5.74) is 4.98. The van der Waals surface area contributed by atoms with Crippen LogP contribution in [-0.4, -0.2) is 33.2 Å². The molecule has 3 rings (SSSR count). The molecule has 0 aliphatic rings. The van der Waals surface area contributed by atoms with E-state index in [0.717, 1.165) is 11.0 Å². The van der Waals surface area contributed by atoms with Gasteiger partial charge in [-0.25, -0.2) is 4.98 Å². The Hall–Kier alpha value is -2.66. The highest BCUT2D eigenvalue weighted by atomic mass is 16.5. The highest BCUT2D eigenvalue weighted by Gasteiger charge is 2.11. The number of hydrogen-bond donors (Lipinski definition) is 1. The van der Waals surface area contributed by atoms with E-state index in [1.165, 1.54) is 18.1 Å². The molecule has 3 aromatic rings. The van der Waals surface area contributed by atoms with Crippen LogP contribution >= 0.6 is 0 Å². The van der Waals surface area contributed by atoms with E-state index in [2.05, 4.69) is 31.0 Å². The first kappa shape index (κ1) is 17.2. The number of hydrogen-bond acceptors (Lipinski definition) is 4. The molecule has 0 saturated heterocycles. The summed E-state index contributed by atoms with van der Waals surface area (Å²) < 4.78 is 7.55. The van der Waals surface area contributed by atoms with Gasteiger partial charge in [0.1, 0.15) is 18.5 Å². The number of imidazole rings is 1. The molecule has 0 saturated carbocycles. The van der Waals surface area contributed by atoms with Gasteiger partial charge in [0.25, 0.3) is 0 Å². The molecule has 5 nitrogen and oxygen atoms in total. The van der Waals surface area contributed by atoms with Gasteiger partial charge in [-0.05, 0) is 68.3 Å². The van der Waals surface area contributed by atoms with Crippen molar-refractivity contribution in [2.24, 2.45) is 0 Å². The fourth-order valence-corrected chi connectivity index (χ4v) is 2.72. The van der Waals surface area contributed by atoms with Crippen molar-refractivity contribution in [3.8, 4) is 5.75 Å². The summed E-state index contributed by atoms with van der Waals surface area (Å²) in [5, 5.41) is 10.3. The van der Waals surface area contributed by atoms with Gasteiger partial charge in [-0.15, -0.1) is 0 Å². The van der Waals surface area contributed by atoms with Crippen LogP contribution in [0.25, 0.3) is 11.0 Å². The lowest BCUT2D eigenvalue weighted by Crippen LogP contribution is -2.23. The highest BCUT2D eigenvalue weighted by Crippen LogP contribution is 2.19. The molecule has 1 aromatic heterocycles. The van der Waals surface area contributed by atoms with E-state index < -0.39 is 6.10 Å². The minimum absolute atomic E-state index is 0.0177. The Morgan fingerprint density at radius 1 is 1.20 bits per heavy atom. The van der Waals surface area contributed by atoms with Gasteiger partial charge in [0.15, 0.2) is 5.78 Å². The van der Waals surface area contributed by atoms with Crippen LogP contribution in [0.3, 0.4) is 0 Å². The summed E-state index contributed by atoms with van der Waals surface area (Å²) in [5.74, 6) is 0.648. The molecule has 0 aliphatic heterocycles. The lowest BCUT2D eigenvalue weighted by atomic mass is 10.1. The van der Waals surface area contributed by atoms with E-state index in [1.54, 1.807) is 30.6 Å². The molecule has 130 valence electrons. The Kier molecular flexibility index (Phi) is 4.86. The molecule has 0 unspecified atom stereocenters. The number of fused-ring (bicyclic) bond motifs is 1. The van der Waals surface area contributed by atoms with Crippen molar-refractivity contribution in [3.05, 3.63) is 59.4 Å². The van der Waals surface area contributed by atoms with E-state index in [9.17, 15) is 9.90 Å². The van der Waals surface area contributed by atoms with E-state index in [4.69, 9.17) is 4.74 Å². The molecule has 0 bridgehead atoms. The molecule has 25 heavy (non-hydrogen) atoms. The average Bonchev–Trinajstić information content (AvgIpc) is 2.95. The topological polar surface area (TPSA) is 64.3 Å². The maximum Gasteiger partial charge on any atom is 0.159 e. The first-order chi connectivity index (χ1) is 11.9. The molecule has 2 aromatic carbocycles. The fourth-order valence-electron chi connectivity index (χ4n) is 2.72. The van der Waals surface area contributed by atoms with Gasteiger partial charge >= 0.3 is 0 Å². The van der Waals surface area contributed by atoms with Crippen LogP contribution in [-0.2, 0) is 6.54 Å². The van der Waals surface area contributed by atoms with Gasteiger partial charge in [0.2, 0.25) is 0 Å². The normalized spacial score (nSPS) is 12.3. The molecule has 1 atom stereocenters. The number of ether oxygens (including phenoxy) is 1. The van der Waals surface area contributed by atoms with Crippen molar-refractivity contribution in [1.82, 2.24) is 9.55 Å². The van der Waals surface area contributed by atoms with Gasteiger partial charge < -0.3 is 14.4 Å². The average molecular weight is 338 g/mol. The molecular weight excluding hydrogens is 316 g/mol. The fraction of sp³-hybridized carbons (Fsp3) is 0.300. The molecule has 0 amide bonds. The second-order valence-corrected chi connectivity index (χ2v) is 6.37. The zero-order valence-electron chi connectivity index (χ0n) is 14.7. The van der Waals surface area contributed by atoms with Crippen LogP contribution in [0.5, 0.6) is 5.75 Å². The monoisotopic (exact) mass is 338 g/mol. The van der Waals surface area contributed by atoms with Crippen LogP contribution in [0, 0.1) is 13.8 Å². The maximum absolute atomic E-state index is 11.3. The molecule has 1 heterocycles. The number of benzene rings is 2. The zero-order chi connectivity index (χ0) is 18.0. The van der Waals surface area contributed by atoms with E-state index in [1.807, 2.05) is 4.57 Å². The van der Waals surface area contributed by atoms with Gasteiger partial charge in [0, 0.05) is 5.56 Å². The number of Topliss-reactive ketones (excluding diaryl/α,β-unsaturated/α-hetero) is 1. The van der Waals surface area contributed by atoms with E-state index in [-0.39, 0.29) is 12.4 Å². The minimum Gasteiger partial charge on any atom is -0.491 e. The number of aliphatic hydroxyl groups is 1. The number of aryl methyl sites for hydroxylation is 2. The first-order valence-corrected chi connectivity index (χ1v) is 8.28. The number of carbonyl (C=O) groups is 1. The molecule has 0 spiro atoms. The Balaban J connectivity index is 1.63. The van der Waals surface area contributed by atoms with Crippen LogP contribution in [0.4, 0.5) is 0 Å².